The van der Waals surface area contributed by atoms with Gasteiger partial charge in [-0.1, -0.05) is 11.6 Å². The smallest absolute Gasteiger partial charge is 0.294 e. The van der Waals surface area contributed by atoms with Crippen LogP contribution >= 0.6 is 27.5 Å². The van der Waals surface area contributed by atoms with Gasteiger partial charge in [0, 0.05) is 24.3 Å². The number of rotatable bonds is 5. The molecule has 26 heavy (non-hydrogen) atoms. The number of methoxy groups -OCH3 is 2. The quantitative estimate of drug-likeness (QED) is 0.701. The topological polar surface area (TPSA) is 56.6 Å². The number of hydrogen-bond donors (Lipinski definition) is 0. The molecule has 0 saturated carbocycles. The van der Waals surface area contributed by atoms with Crippen molar-refractivity contribution in [3.05, 3.63) is 43.9 Å². The van der Waals surface area contributed by atoms with E-state index >= 15 is 0 Å². The summed E-state index contributed by atoms with van der Waals surface area (Å²) in [5.41, 5.74) is 1.87. The molecule has 0 spiro atoms. The van der Waals surface area contributed by atoms with E-state index in [1.165, 1.54) is 0 Å². The van der Waals surface area contributed by atoms with Gasteiger partial charge in [0.25, 0.3) is 5.56 Å². The number of fused-ring (bicyclic) bond motifs is 1. The van der Waals surface area contributed by atoms with Gasteiger partial charge in [-0.3, -0.25) is 4.79 Å². The Bertz CT molecular complexity index is 871. The fourth-order valence-electron chi connectivity index (χ4n) is 3.28. The molecule has 0 bridgehead atoms. The van der Waals surface area contributed by atoms with Crippen molar-refractivity contribution in [3.63, 3.8) is 0 Å². The molecule has 0 saturated heterocycles. The Morgan fingerprint density at radius 2 is 2.15 bits per heavy atom. The standard InChI is InChI=1S/C18H21BrClN3O3/c1-11(10-25-2)23-9-15(20)21-17(18(23)24)22-6-4-5-12-7-13(26-3)8-14(19)16(12)22/h7-9,11H,4-6,10H2,1-3H3/t11-/m1/s1. The summed E-state index contributed by atoms with van der Waals surface area (Å²) in [4.78, 5) is 19.4. The van der Waals surface area contributed by atoms with E-state index in [0.29, 0.717) is 19.0 Å². The first kappa shape index (κ1) is 19.2. The summed E-state index contributed by atoms with van der Waals surface area (Å²) in [6.45, 7) is 3.02. The van der Waals surface area contributed by atoms with Crippen molar-refractivity contribution in [2.45, 2.75) is 25.8 Å². The zero-order chi connectivity index (χ0) is 18.8. The molecule has 3 rings (SSSR count). The Morgan fingerprint density at radius 3 is 2.85 bits per heavy atom. The molecule has 1 atom stereocenters. The molecule has 8 heteroatoms. The maximum Gasteiger partial charge on any atom is 0.294 e. The van der Waals surface area contributed by atoms with E-state index < -0.39 is 0 Å². The molecule has 0 fully saturated rings. The molecule has 1 aromatic carbocycles. The molecule has 1 aliphatic heterocycles. The van der Waals surface area contributed by atoms with E-state index in [-0.39, 0.29) is 16.8 Å². The molecular weight excluding hydrogens is 422 g/mol. The first-order valence-electron chi connectivity index (χ1n) is 8.37. The number of ether oxygens (including phenoxy) is 2. The third kappa shape index (κ3) is 3.61. The van der Waals surface area contributed by atoms with Crippen LogP contribution in [0.25, 0.3) is 0 Å². The largest absolute Gasteiger partial charge is 0.497 e. The minimum absolute atomic E-state index is 0.143. The summed E-state index contributed by atoms with van der Waals surface area (Å²) in [6, 6.07) is 3.76. The Balaban J connectivity index is 2.13. The maximum absolute atomic E-state index is 13.1. The van der Waals surface area contributed by atoms with Gasteiger partial charge in [0.1, 0.15) is 10.9 Å². The molecule has 0 unspecified atom stereocenters. The van der Waals surface area contributed by atoms with Crippen LogP contribution in [0.2, 0.25) is 5.15 Å². The van der Waals surface area contributed by atoms with Crippen molar-refractivity contribution < 1.29 is 9.47 Å². The summed E-state index contributed by atoms with van der Waals surface area (Å²) < 4.78 is 13.0. The van der Waals surface area contributed by atoms with Crippen molar-refractivity contribution in [1.29, 1.82) is 0 Å². The average molecular weight is 443 g/mol. The number of nitrogens with zero attached hydrogens (tertiary/aromatic N) is 3. The zero-order valence-electron chi connectivity index (χ0n) is 15.0. The minimum atomic E-state index is -0.186. The van der Waals surface area contributed by atoms with Crippen LogP contribution in [0, 0.1) is 0 Å². The number of anilines is 2. The lowest BCUT2D eigenvalue weighted by Gasteiger charge is -2.32. The van der Waals surface area contributed by atoms with E-state index in [2.05, 4.69) is 20.9 Å². The SMILES string of the molecule is COC[C@@H](C)n1cc(Cl)nc(N2CCCc3cc(OC)cc(Br)c32)c1=O. The molecule has 0 radical (unpaired) electrons. The molecule has 6 nitrogen and oxygen atoms in total. The monoisotopic (exact) mass is 441 g/mol. The Kier molecular flexibility index (Phi) is 5.89. The van der Waals surface area contributed by atoms with Gasteiger partial charge in [-0.15, -0.1) is 0 Å². The zero-order valence-corrected chi connectivity index (χ0v) is 17.3. The van der Waals surface area contributed by atoms with Gasteiger partial charge in [-0.2, -0.15) is 0 Å². The summed E-state index contributed by atoms with van der Waals surface area (Å²) in [5.74, 6) is 1.11. The second-order valence-electron chi connectivity index (χ2n) is 6.28. The minimum Gasteiger partial charge on any atom is -0.497 e. The summed E-state index contributed by atoms with van der Waals surface area (Å²) in [6.07, 6.45) is 3.38. The number of benzene rings is 1. The Morgan fingerprint density at radius 1 is 1.38 bits per heavy atom. The number of halogens is 2. The van der Waals surface area contributed by atoms with E-state index in [9.17, 15) is 4.79 Å². The molecule has 0 N–H and O–H groups in total. The molecule has 2 aromatic rings. The van der Waals surface area contributed by atoms with E-state index in [1.54, 1.807) is 25.0 Å². The fourth-order valence-corrected chi connectivity index (χ4v) is 4.16. The van der Waals surface area contributed by atoms with Crippen LogP contribution in [-0.2, 0) is 11.2 Å². The fraction of sp³-hybridized carbons (Fsp3) is 0.444. The predicted octanol–water partition coefficient (Wildman–Crippen LogP) is 3.96. The van der Waals surface area contributed by atoms with Crippen molar-refractivity contribution in [2.75, 3.05) is 32.3 Å². The van der Waals surface area contributed by atoms with Crippen molar-refractivity contribution in [3.8, 4) is 5.75 Å². The van der Waals surface area contributed by atoms with Crippen LogP contribution in [0.3, 0.4) is 0 Å². The molecule has 140 valence electrons. The third-order valence-corrected chi connectivity index (χ3v) is 5.26. The highest BCUT2D eigenvalue weighted by Crippen LogP contribution is 2.40. The number of hydrogen-bond acceptors (Lipinski definition) is 5. The first-order chi connectivity index (χ1) is 12.5. The van der Waals surface area contributed by atoms with Crippen molar-refractivity contribution in [1.82, 2.24) is 9.55 Å². The molecule has 0 aliphatic carbocycles. The number of aryl methyl sites for hydroxylation is 1. The van der Waals surface area contributed by atoms with Crippen LogP contribution in [0.15, 0.2) is 27.6 Å². The van der Waals surface area contributed by atoms with Crippen molar-refractivity contribution in [2.24, 2.45) is 0 Å². The van der Waals surface area contributed by atoms with Gasteiger partial charge in [0.05, 0.1) is 25.4 Å². The average Bonchev–Trinajstić information content (AvgIpc) is 2.62. The van der Waals surface area contributed by atoms with Gasteiger partial charge >= 0.3 is 0 Å². The lowest BCUT2D eigenvalue weighted by molar-refractivity contribution is 0.160. The summed E-state index contributed by atoms with van der Waals surface area (Å²) >= 11 is 9.85. The Labute approximate surface area is 165 Å². The van der Waals surface area contributed by atoms with Crippen LogP contribution in [0.1, 0.15) is 24.9 Å². The third-order valence-electron chi connectivity index (χ3n) is 4.47. The lowest BCUT2D eigenvalue weighted by atomic mass is 10.0. The second kappa shape index (κ2) is 7.98. The van der Waals surface area contributed by atoms with E-state index in [0.717, 1.165) is 34.3 Å². The van der Waals surface area contributed by atoms with Gasteiger partial charge in [0.15, 0.2) is 0 Å². The highest BCUT2D eigenvalue weighted by molar-refractivity contribution is 9.10. The van der Waals surface area contributed by atoms with Gasteiger partial charge in [0.2, 0.25) is 5.82 Å². The summed E-state index contributed by atoms with van der Waals surface area (Å²) in [5, 5.41) is 0.277. The molecule has 2 heterocycles. The maximum atomic E-state index is 13.1. The number of aromatic nitrogens is 2. The molecule has 1 aromatic heterocycles. The molecular formula is C18H21BrClN3O3. The second-order valence-corrected chi connectivity index (χ2v) is 7.52. The molecule has 0 amide bonds. The van der Waals surface area contributed by atoms with E-state index in [4.69, 9.17) is 21.1 Å². The summed E-state index contributed by atoms with van der Waals surface area (Å²) in [7, 11) is 3.25. The van der Waals surface area contributed by atoms with Crippen LogP contribution in [0.5, 0.6) is 5.75 Å². The van der Waals surface area contributed by atoms with Gasteiger partial charge < -0.3 is 18.9 Å². The lowest BCUT2D eigenvalue weighted by Crippen LogP contribution is -2.35. The predicted molar refractivity (Wildman–Crippen MR) is 106 cm³/mol. The van der Waals surface area contributed by atoms with Gasteiger partial charge in [-0.05, 0) is 53.4 Å². The highest BCUT2D eigenvalue weighted by atomic mass is 79.9. The van der Waals surface area contributed by atoms with Crippen LogP contribution < -0.4 is 15.2 Å². The van der Waals surface area contributed by atoms with E-state index in [1.807, 2.05) is 24.0 Å². The highest BCUT2D eigenvalue weighted by Gasteiger charge is 2.26. The Hall–Kier alpha value is -1.57. The van der Waals surface area contributed by atoms with Crippen molar-refractivity contribution >= 4 is 39.0 Å². The van der Waals surface area contributed by atoms with Gasteiger partial charge in [-0.25, -0.2) is 4.98 Å². The first-order valence-corrected chi connectivity index (χ1v) is 9.55. The van der Waals surface area contributed by atoms with Crippen LogP contribution in [-0.4, -0.2) is 36.9 Å². The normalized spacial score (nSPS) is 14.9. The van der Waals surface area contributed by atoms with Crippen LogP contribution in [0.4, 0.5) is 11.5 Å². The molecule has 1 aliphatic rings.